The molecular formula is C20H28N2O. The van der Waals surface area contributed by atoms with E-state index < -0.39 is 0 Å². The molecule has 4 rings (SSSR count). The van der Waals surface area contributed by atoms with Crippen molar-refractivity contribution >= 4 is 5.91 Å². The summed E-state index contributed by atoms with van der Waals surface area (Å²) in [6.45, 7) is 4.43. The minimum atomic E-state index is 0.201. The Morgan fingerprint density at radius 1 is 1.09 bits per heavy atom. The van der Waals surface area contributed by atoms with E-state index in [-0.39, 0.29) is 11.8 Å². The number of benzene rings is 1. The molecule has 4 unspecified atom stereocenters. The van der Waals surface area contributed by atoms with Gasteiger partial charge in [0.1, 0.15) is 0 Å². The number of carbonyl (C=O) groups is 1. The summed E-state index contributed by atoms with van der Waals surface area (Å²) in [5.41, 5.74) is 2.71. The average Bonchev–Trinajstić information content (AvgIpc) is 3.27. The van der Waals surface area contributed by atoms with Crippen LogP contribution in [0.2, 0.25) is 0 Å². The van der Waals surface area contributed by atoms with Gasteiger partial charge in [-0.2, -0.15) is 0 Å². The summed E-state index contributed by atoms with van der Waals surface area (Å²) in [6.07, 6.45) is 5.81. The summed E-state index contributed by atoms with van der Waals surface area (Å²) >= 11 is 0. The summed E-state index contributed by atoms with van der Waals surface area (Å²) in [7, 11) is 0. The van der Waals surface area contributed by atoms with Gasteiger partial charge in [-0.15, -0.1) is 0 Å². The molecule has 2 aliphatic heterocycles. The highest BCUT2D eigenvalue weighted by Gasteiger charge is 2.45. The Balaban J connectivity index is 1.32. The van der Waals surface area contributed by atoms with Crippen LogP contribution in [0.1, 0.15) is 68.9 Å². The first-order valence-corrected chi connectivity index (χ1v) is 9.26. The average molecular weight is 312 g/mol. The number of hydrogen-bond donors (Lipinski definition) is 2. The predicted molar refractivity (Wildman–Crippen MR) is 92.5 cm³/mol. The minimum absolute atomic E-state index is 0.201. The molecule has 1 amide bonds. The maximum absolute atomic E-state index is 12.5. The standard InChI is InChI=1S/C20H28N2O/c1-12(2)13-3-5-14(6-4-13)18-11-19(18)20(23)22-17-9-15-7-8-16(10-17)21-15/h3-6,12,15-19,21H,7-11H2,1-2H3,(H,22,23). The Morgan fingerprint density at radius 3 is 2.35 bits per heavy atom. The molecule has 0 spiro atoms. The second-order valence-corrected chi connectivity index (χ2v) is 8.08. The summed E-state index contributed by atoms with van der Waals surface area (Å²) < 4.78 is 0. The molecule has 3 fully saturated rings. The van der Waals surface area contributed by atoms with Gasteiger partial charge in [-0.05, 0) is 55.1 Å². The molecule has 2 N–H and O–H groups in total. The Labute approximate surface area is 139 Å². The van der Waals surface area contributed by atoms with E-state index in [1.165, 1.54) is 24.0 Å². The Kier molecular flexibility index (Phi) is 3.92. The molecule has 4 atom stereocenters. The van der Waals surface area contributed by atoms with Crippen molar-refractivity contribution in [3.05, 3.63) is 35.4 Å². The monoisotopic (exact) mass is 312 g/mol. The molecule has 3 heteroatoms. The number of piperidine rings is 1. The van der Waals surface area contributed by atoms with Gasteiger partial charge in [-0.1, -0.05) is 38.1 Å². The summed E-state index contributed by atoms with van der Waals surface area (Å²) in [6, 6.07) is 10.5. The maximum atomic E-state index is 12.5. The van der Waals surface area contributed by atoms with Crippen molar-refractivity contribution in [2.45, 2.75) is 75.9 Å². The van der Waals surface area contributed by atoms with Gasteiger partial charge in [-0.3, -0.25) is 4.79 Å². The molecule has 1 aromatic carbocycles. The topological polar surface area (TPSA) is 41.1 Å². The molecule has 3 aliphatic rings. The molecule has 1 saturated carbocycles. The van der Waals surface area contributed by atoms with Gasteiger partial charge in [0.25, 0.3) is 0 Å². The largest absolute Gasteiger partial charge is 0.353 e. The van der Waals surface area contributed by atoms with Gasteiger partial charge in [-0.25, -0.2) is 0 Å². The number of nitrogens with one attached hydrogen (secondary N) is 2. The van der Waals surface area contributed by atoms with Crippen molar-refractivity contribution in [2.75, 3.05) is 0 Å². The van der Waals surface area contributed by atoms with Gasteiger partial charge < -0.3 is 10.6 Å². The lowest BCUT2D eigenvalue weighted by Gasteiger charge is -2.29. The van der Waals surface area contributed by atoms with Gasteiger partial charge in [0.05, 0.1) is 0 Å². The third-order valence-electron chi connectivity index (χ3n) is 5.98. The third kappa shape index (κ3) is 3.16. The molecule has 3 nitrogen and oxygen atoms in total. The Morgan fingerprint density at radius 2 is 1.74 bits per heavy atom. The lowest BCUT2D eigenvalue weighted by atomic mass is 9.98. The molecule has 1 aromatic rings. The molecule has 2 saturated heterocycles. The normalized spacial score (nSPS) is 35.3. The minimum Gasteiger partial charge on any atom is -0.353 e. The van der Waals surface area contributed by atoms with Crippen LogP contribution in [-0.4, -0.2) is 24.0 Å². The van der Waals surface area contributed by atoms with Gasteiger partial charge in [0.15, 0.2) is 0 Å². The van der Waals surface area contributed by atoms with Crippen molar-refractivity contribution in [1.29, 1.82) is 0 Å². The zero-order valence-electron chi connectivity index (χ0n) is 14.2. The summed E-state index contributed by atoms with van der Waals surface area (Å²) in [5, 5.41) is 6.97. The lowest BCUT2D eigenvalue weighted by molar-refractivity contribution is -0.123. The highest BCUT2D eigenvalue weighted by molar-refractivity contribution is 5.83. The third-order valence-corrected chi connectivity index (χ3v) is 5.98. The first-order chi connectivity index (χ1) is 11.1. The van der Waals surface area contributed by atoms with E-state index in [1.54, 1.807) is 0 Å². The number of carbonyl (C=O) groups excluding carboxylic acids is 1. The van der Waals surface area contributed by atoms with E-state index in [2.05, 4.69) is 48.7 Å². The van der Waals surface area contributed by atoms with E-state index in [0.717, 1.165) is 19.3 Å². The van der Waals surface area contributed by atoms with Crippen LogP contribution in [0.15, 0.2) is 24.3 Å². The van der Waals surface area contributed by atoms with E-state index in [4.69, 9.17) is 0 Å². The maximum Gasteiger partial charge on any atom is 0.223 e. The zero-order valence-corrected chi connectivity index (χ0v) is 14.2. The second-order valence-electron chi connectivity index (χ2n) is 8.08. The number of rotatable bonds is 4. The van der Waals surface area contributed by atoms with E-state index in [9.17, 15) is 4.79 Å². The predicted octanol–water partition coefficient (Wildman–Crippen LogP) is 3.31. The molecule has 2 heterocycles. The van der Waals surface area contributed by atoms with Gasteiger partial charge in [0, 0.05) is 24.0 Å². The summed E-state index contributed by atoms with van der Waals surface area (Å²) in [4.78, 5) is 12.5. The molecule has 23 heavy (non-hydrogen) atoms. The number of hydrogen-bond acceptors (Lipinski definition) is 2. The summed E-state index contributed by atoms with van der Waals surface area (Å²) in [5.74, 6) is 1.49. The van der Waals surface area contributed by atoms with Crippen LogP contribution in [0.3, 0.4) is 0 Å². The smallest absolute Gasteiger partial charge is 0.223 e. The van der Waals surface area contributed by atoms with Crippen LogP contribution in [0.5, 0.6) is 0 Å². The zero-order chi connectivity index (χ0) is 16.0. The highest BCUT2D eigenvalue weighted by Crippen LogP contribution is 2.48. The van der Waals surface area contributed by atoms with E-state index in [0.29, 0.717) is 30.0 Å². The number of fused-ring (bicyclic) bond motifs is 2. The van der Waals surface area contributed by atoms with Crippen LogP contribution in [-0.2, 0) is 4.79 Å². The SMILES string of the molecule is CC(C)c1ccc(C2CC2C(=O)NC2CC3CCC(C2)N3)cc1. The molecule has 1 aliphatic carbocycles. The van der Waals surface area contributed by atoms with Gasteiger partial charge in [0.2, 0.25) is 5.91 Å². The molecular weight excluding hydrogens is 284 g/mol. The first-order valence-electron chi connectivity index (χ1n) is 9.26. The van der Waals surface area contributed by atoms with Crippen molar-refractivity contribution in [3.63, 3.8) is 0 Å². The molecule has 0 aromatic heterocycles. The second kappa shape index (κ2) is 5.94. The first kappa shape index (κ1) is 15.2. The Bertz CT molecular complexity index is 568. The van der Waals surface area contributed by atoms with Gasteiger partial charge >= 0.3 is 0 Å². The van der Waals surface area contributed by atoms with Crippen molar-refractivity contribution in [3.8, 4) is 0 Å². The fourth-order valence-corrected chi connectivity index (χ4v) is 4.46. The van der Waals surface area contributed by atoms with E-state index in [1.807, 2.05) is 0 Å². The van der Waals surface area contributed by atoms with Crippen LogP contribution < -0.4 is 10.6 Å². The van der Waals surface area contributed by atoms with Crippen LogP contribution in [0.4, 0.5) is 0 Å². The van der Waals surface area contributed by atoms with Crippen LogP contribution >= 0.6 is 0 Å². The van der Waals surface area contributed by atoms with Crippen LogP contribution in [0.25, 0.3) is 0 Å². The number of amides is 1. The van der Waals surface area contributed by atoms with E-state index >= 15 is 0 Å². The fraction of sp³-hybridized carbons (Fsp3) is 0.650. The molecule has 124 valence electrons. The Hall–Kier alpha value is -1.35. The van der Waals surface area contributed by atoms with Crippen LogP contribution in [0, 0.1) is 5.92 Å². The fourth-order valence-electron chi connectivity index (χ4n) is 4.46. The quantitative estimate of drug-likeness (QED) is 0.895. The van der Waals surface area contributed by atoms with Crippen molar-refractivity contribution < 1.29 is 4.79 Å². The highest BCUT2D eigenvalue weighted by atomic mass is 16.2. The molecule has 0 radical (unpaired) electrons. The molecule has 2 bridgehead atoms. The van der Waals surface area contributed by atoms with Crippen molar-refractivity contribution in [2.24, 2.45) is 5.92 Å². The van der Waals surface area contributed by atoms with Crippen molar-refractivity contribution in [1.82, 2.24) is 10.6 Å². The lowest BCUT2D eigenvalue weighted by Crippen LogP contribution is -2.48.